The fourth-order valence-electron chi connectivity index (χ4n) is 5.49. The first-order valence-electron chi connectivity index (χ1n) is 10.4. The molecule has 2 saturated carbocycles. The van der Waals surface area contributed by atoms with E-state index >= 15 is 0 Å². The number of carbonyl (C=O) groups excluding carboxylic acids is 1. The highest BCUT2D eigenvalue weighted by Crippen LogP contribution is 2.38. The number of nitrogens with zero attached hydrogens (tertiary/aromatic N) is 1. The molecule has 0 aromatic heterocycles. The first-order chi connectivity index (χ1) is 12.1. The van der Waals surface area contributed by atoms with Crippen molar-refractivity contribution in [3.8, 4) is 0 Å². The van der Waals surface area contributed by atoms with Gasteiger partial charge in [-0.2, -0.15) is 0 Å². The van der Waals surface area contributed by atoms with Gasteiger partial charge in [0, 0.05) is 31.5 Å². The Kier molecular flexibility index (Phi) is 6.75. The number of aliphatic hydroxyl groups excluding tert-OH is 2. The van der Waals surface area contributed by atoms with Crippen molar-refractivity contribution < 1.29 is 15.0 Å². The summed E-state index contributed by atoms with van der Waals surface area (Å²) in [7, 11) is 0. The van der Waals surface area contributed by atoms with Gasteiger partial charge in [0.2, 0.25) is 5.91 Å². The SMILES string of the molecule is NCC1CCCC(C2CCN(C(=O)C3CCC(O)C(CO)C3)CC2)C1. The summed E-state index contributed by atoms with van der Waals surface area (Å²) < 4.78 is 0. The van der Waals surface area contributed by atoms with Gasteiger partial charge in [-0.3, -0.25) is 4.79 Å². The lowest BCUT2D eigenvalue weighted by atomic mass is 9.72. The number of hydrogen-bond donors (Lipinski definition) is 3. The lowest BCUT2D eigenvalue weighted by Crippen LogP contribution is -2.46. The summed E-state index contributed by atoms with van der Waals surface area (Å²) in [5.74, 6) is 2.40. The number of hydrogen-bond acceptors (Lipinski definition) is 4. The van der Waals surface area contributed by atoms with E-state index < -0.39 is 6.10 Å². The fourth-order valence-corrected chi connectivity index (χ4v) is 5.49. The van der Waals surface area contributed by atoms with Gasteiger partial charge in [0.1, 0.15) is 0 Å². The zero-order valence-corrected chi connectivity index (χ0v) is 15.5. The molecule has 5 unspecified atom stereocenters. The van der Waals surface area contributed by atoms with Crippen LogP contribution in [-0.4, -0.2) is 53.4 Å². The Labute approximate surface area is 152 Å². The Morgan fingerprint density at radius 3 is 2.44 bits per heavy atom. The predicted molar refractivity (Wildman–Crippen MR) is 97.7 cm³/mol. The van der Waals surface area contributed by atoms with E-state index in [-0.39, 0.29) is 24.3 Å². The summed E-state index contributed by atoms with van der Waals surface area (Å²) >= 11 is 0. The molecule has 3 aliphatic rings. The van der Waals surface area contributed by atoms with Crippen LogP contribution in [0.4, 0.5) is 0 Å². The fraction of sp³-hybridized carbons (Fsp3) is 0.950. The van der Waals surface area contributed by atoms with Crippen molar-refractivity contribution in [1.82, 2.24) is 4.90 Å². The van der Waals surface area contributed by atoms with E-state index in [4.69, 9.17) is 5.73 Å². The Hall–Kier alpha value is -0.650. The van der Waals surface area contributed by atoms with Crippen LogP contribution in [0.2, 0.25) is 0 Å². The molecule has 0 spiro atoms. The Balaban J connectivity index is 1.48. The van der Waals surface area contributed by atoms with Crippen LogP contribution in [-0.2, 0) is 4.79 Å². The van der Waals surface area contributed by atoms with E-state index in [1.807, 2.05) is 0 Å². The van der Waals surface area contributed by atoms with E-state index in [0.717, 1.165) is 50.7 Å². The second kappa shape index (κ2) is 8.83. The van der Waals surface area contributed by atoms with Crippen molar-refractivity contribution in [2.24, 2.45) is 35.3 Å². The van der Waals surface area contributed by atoms with Gasteiger partial charge < -0.3 is 20.8 Å². The minimum atomic E-state index is -0.443. The molecule has 4 N–H and O–H groups in total. The summed E-state index contributed by atoms with van der Waals surface area (Å²) in [6, 6.07) is 0. The molecule has 25 heavy (non-hydrogen) atoms. The Bertz CT molecular complexity index is 437. The number of carbonyl (C=O) groups is 1. The highest BCUT2D eigenvalue weighted by molar-refractivity contribution is 5.79. The highest BCUT2D eigenvalue weighted by Gasteiger charge is 2.37. The molecule has 0 radical (unpaired) electrons. The van der Waals surface area contributed by atoms with Gasteiger partial charge in [-0.25, -0.2) is 0 Å². The number of likely N-dealkylation sites (tertiary alicyclic amines) is 1. The van der Waals surface area contributed by atoms with Gasteiger partial charge in [-0.1, -0.05) is 12.8 Å². The molecule has 144 valence electrons. The average Bonchev–Trinajstić information content (AvgIpc) is 2.68. The van der Waals surface area contributed by atoms with Crippen molar-refractivity contribution >= 4 is 5.91 Å². The van der Waals surface area contributed by atoms with Crippen molar-refractivity contribution in [3.05, 3.63) is 0 Å². The quantitative estimate of drug-likeness (QED) is 0.719. The summed E-state index contributed by atoms with van der Waals surface area (Å²) in [6.07, 6.45) is 9.10. The van der Waals surface area contributed by atoms with E-state index in [2.05, 4.69) is 4.90 Å². The Morgan fingerprint density at radius 2 is 1.76 bits per heavy atom. The summed E-state index contributed by atoms with van der Waals surface area (Å²) in [5, 5.41) is 19.3. The lowest BCUT2D eigenvalue weighted by molar-refractivity contribution is -0.140. The largest absolute Gasteiger partial charge is 0.396 e. The van der Waals surface area contributed by atoms with Crippen LogP contribution in [0.1, 0.15) is 57.8 Å². The first-order valence-corrected chi connectivity index (χ1v) is 10.4. The zero-order chi connectivity index (χ0) is 17.8. The molecule has 2 aliphatic carbocycles. The third-order valence-electron chi connectivity index (χ3n) is 7.20. The molecule has 3 rings (SSSR count). The normalized spacial score (nSPS) is 37.9. The molecule has 1 heterocycles. The number of aliphatic hydroxyl groups is 2. The van der Waals surface area contributed by atoms with Crippen LogP contribution in [0, 0.1) is 29.6 Å². The molecular formula is C20H36N2O3. The maximum absolute atomic E-state index is 12.8. The molecule has 0 aromatic rings. The molecule has 0 bridgehead atoms. The maximum Gasteiger partial charge on any atom is 0.225 e. The van der Waals surface area contributed by atoms with Crippen molar-refractivity contribution in [3.63, 3.8) is 0 Å². The van der Waals surface area contributed by atoms with E-state index in [9.17, 15) is 15.0 Å². The van der Waals surface area contributed by atoms with Gasteiger partial charge in [-0.05, 0) is 69.2 Å². The first kappa shape index (κ1) is 19.1. The predicted octanol–water partition coefficient (Wildman–Crippen LogP) is 1.76. The van der Waals surface area contributed by atoms with E-state index in [0.29, 0.717) is 18.8 Å². The van der Waals surface area contributed by atoms with Crippen LogP contribution < -0.4 is 5.73 Å². The molecule has 3 fully saturated rings. The number of rotatable bonds is 4. The van der Waals surface area contributed by atoms with E-state index in [1.54, 1.807) is 0 Å². The highest BCUT2D eigenvalue weighted by atomic mass is 16.3. The molecular weight excluding hydrogens is 316 g/mol. The summed E-state index contributed by atoms with van der Waals surface area (Å²) in [6.45, 7) is 2.58. The monoisotopic (exact) mass is 352 g/mol. The van der Waals surface area contributed by atoms with Crippen molar-refractivity contribution in [1.29, 1.82) is 0 Å². The third kappa shape index (κ3) is 4.55. The van der Waals surface area contributed by atoms with Gasteiger partial charge in [0.25, 0.3) is 0 Å². The Morgan fingerprint density at radius 1 is 1.00 bits per heavy atom. The molecule has 1 aliphatic heterocycles. The average molecular weight is 353 g/mol. The standard InChI is InChI=1S/C20H36N2O3/c21-12-14-2-1-3-16(10-14)15-6-8-22(9-7-15)20(25)17-4-5-19(24)18(11-17)13-23/h14-19,23-24H,1-13,21H2. The molecule has 1 amide bonds. The topological polar surface area (TPSA) is 86.8 Å². The minimum Gasteiger partial charge on any atom is -0.396 e. The molecule has 1 saturated heterocycles. The number of nitrogens with two attached hydrogens (primary N) is 1. The lowest BCUT2D eigenvalue weighted by Gasteiger charge is -2.41. The molecule has 5 atom stereocenters. The smallest absolute Gasteiger partial charge is 0.225 e. The van der Waals surface area contributed by atoms with Crippen LogP contribution in [0.25, 0.3) is 0 Å². The number of amides is 1. The number of piperidine rings is 1. The summed E-state index contributed by atoms with van der Waals surface area (Å²) in [5.41, 5.74) is 5.88. The summed E-state index contributed by atoms with van der Waals surface area (Å²) in [4.78, 5) is 14.9. The second-order valence-corrected chi connectivity index (χ2v) is 8.71. The van der Waals surface area contributed by atoms with Crippen LogP contribution in [0.5, 0.6) is 0 Å². The minimum absolute atomic E-state index is 0.00611. The van der Waals surface area contributed by atoms with E-state index in [1.165, 1.54) is 25.7 Å². The molecule has 5 heteroatoms. The van der Waals surface area contributed by atoms with Gasteiger partial charge in [-0.15, -0.1) is 0 Å². The van der Waals surface area contributed by atoms with Crippen LogP contribution >= 0.6 is 0 Å². The van der Waals surface area contributed by atoms with Crippen molar-refractivity contribution in [2.75, 3.05) is 26.2 Å². The van der Waals surface area contributed by atoms with Gasteiger partial charge in [0.05, 0.1) is 6.10 Å². The van der Waals surface area contributed by atoms with Crippen molar-refractivity contribution in [2.45, 2.75) is 63.9 Å². The van der Waals surface area contributed by atoms with Crippen LogP contribution in [0.15, 0.2) is 0 Å². The zero-order valence-electron chi connectivity index (χ0n) is 15.5. The molecule has 0 aromatic carbocycles. The van der Waals surface area contributed by atoms with Crippen LogP contribution in [0.3, 0.4) is 0 Å². The maximum atomic E-state index is 12.8. The van der Waals surface area contributed by atoms with Gasteiger partial charge in [0.15, 0.2) is 0 Å². The van der Waals surface area contributed by atoms with Gasteiger partial charge >= 0.3 is 0 Å². The molecule has 5 nitrogen and oxygen atoms in total. The second-order valence-electron chi connectivity index (χ2n) is 8.71. The third-order valence-corrected chi connectivity index (χ3v) is 7.20.